The second-order valence-electron chi connectivity index (χ2n) is 6.10. The molecule has 0 radical (unpaired) electrons. The summed E-state index contributed by atoms with van der Waals surface area (Å²) < 4.78 is 33.4. The smallest absolute Gasteiger partial charge is 0.240 e. The molecule has 2 aromatic rings. The Labute approximate surface area is 142 Å². The molecule has 5 nitrogen and oxygen atoms in total. The molecule has 0 atom stereocenters. The van der Waals surface area contributed by atoms with Crippen molar-refractivity contribution in [2.75, 3.05) is 5.73 Å². The number of rotatable bonds is 5. The van der Waals surface area contributed by atoms with E-state index in [4.69, 9.17) is 10.5 Å². The number of hydrogen-bond acceptors (Lipinski definition) is 4. The van der Waals surface area contributed by atoms with Crippen LogP contribution in [0.15, 0.2) is 53.4 Å². The van der Waals surface area contributed by atoms with Crippen LogP contribution in [0.3, 0.4) is 0 Å². The molecule has 0 bridgehead atoms. The Morgan fingerprint density at radius 1 is 0.875 bits per heavy atom. The van der Waals surface area contributed by atoms with E-state index in [2.05, 4.69) is 4.72 Å². The molecule has 0 aromatic heterocycles. The molecule has 1 aliphatic carbocycles. The van der Waals surface area contributed by atoms with E-state index in [0.717, 1.165) is 25.7 Å². The van der Waals surface area contributed by atoms with Crippen molar-refractivity contribution in [3.05, 3.63) is 48.5 Å². The minimum atomic E-state index is -3.48. The molecule has 2 aromatic carbocycles. The topological polar surface area (TPSA) is 81.4 Å². The maximum atomic E-state index is 12.4. The molecular formula is C18H22N2O3S. The van der Waals surface area contributed by atoms with Crippen LogP contribution in [0.2, 0.25) is 0 Å². The first-order chi connectivity index (χ1) is 11.5. The van der Waals surface area contributed by atoms with Gasteiger partial charge in [0.2, 0.25) is 10.0 Å². The van der Waals surface area contributed by atoms with Crippen LogP contribution in [0.4, 0.5) is 5.69 Å². The number of nitrogens with one attached hydrogen (secondary N) is 1. The average Bonchev–Trinajstić information content (AvgIpc) is 2.58. The third-order valence-corrected chi connectivity index (χ3v) is 5.71. The minimum absolute atomic E-state index is 0.0504. The quantitative estimate of drug-likeness (QED) is 0.809. The fourth-order valence-electron chi connectivity index (χ4n) is 2.87. The molecule has 0 amide bonds. The first kappa shape index (κ1) is 16.8. The molecular weight excluding hydrogens is 324 g/mol. The van der Waals surface area contributed by atoms with E-state index < -0.39 is 10.0 Å². The number of nitrogen functional groups attached to an aromatic ring is 1. The highest BCUT2D eigenvalue weighted by Crippen LogP contribution is 2.24. The van der Waals surface area contributed by atoms with E-state index in [1.54, 1.807) is 48.5 Å². The van der Waals surface area contributed by atoms with Gasteiger partial charge in [0, 0.05) is 11.7 Å². The van der Waals surface area contributed by atoms with Gasteiger partial charge in [-0.3, -0.25) is 0 Å². The highest BCUT2D eigenvalue weighted by molar-refractivity contribution is 7.89. The largest absolute Gasteiger partial charge is 0.457 e. The highest BCUT2D eigenvalue weighted by atomic mass is 32.2. The van der Waals surface area contributed by atoms with Gasteiger partial charge in [0.15, 0.2) is 0 Å². The highest BCUT2D eigenvalue weighted by Gasteiger charge is 2.21. The van der Waals surface area contributed by atoms with Crippen LogP contribution in [0.25, 0.3) is 0 Å². The molecule has 0 heterocycles. The van der Waals surface area contributed by atoms with Crippen LogP contribution in [0, 0.1) is 0 Å². The van der Waals surface area contributed by atoms with Crippen molar-refractivity contribution in [2.24, 2.45) is 0 Å². The Morgan fingerprint density at radius 3 is 2.00 bits per heavy atom. The summed E-state index contributed by atoms with van der Waals surface area (Å²) in [5.41, 5.74) is 6.30. The maximum absolute atomic E-state index is 12.4. The number of benzene rings is 2. The van der Waals surface area contributed by atoms with Gasteiger partial charge < -0.3 is 10.5 Å². The first-order valence-corrected chi connectivity index (χ1v) is 9.67. The summed E-state index contributed by atoms with van der Waals surface area (Å²) in [6, 6.07) is 13.5. The van der Waals surface area contributed by atoms with Gasteiger partial charge in [0.25, 0.3) is 0 Å². The zero-order valence-corrected chi connectivity index (χ0v) is 14.3. The second kappa shape index (κ2) is 7.23. The van der Waals surface area contributed by atoms with Gasteiger partial charge >= 0.3 is 0 Å². The number of ether oxygens (including phenoxy) is 1. The summed E-state index contributed by atoms with van der Waals surface area (Å²) in [5, 5.41) is 0. The Kier molecular flexibility index (Phi) is 5.06. The van der Waals surface area contributed by atoms with Crippen LogP contribution in [-0.4, -0.2) is 14.5 Å². The monoisotopic (exact) mass is 346 g/mol. The summed E-state index contributed by atoms with van der Waals surface area (Å²) in [4.78, 5) is 0.262. The maximum Gasteiger partial charge on any atom is 0.240 e. The van der Waals surface area contributed by atoms with E-state index >= 15 is 0 Å². The fraction of sp³-hybridized carbons (Fsp3) is 0.333. The summed E-state index contributed by atoms with van der Waals surface area (Å²) in [6.45, 7) is 0. The minimum Gasteiger partial charge on any atom is -0.457 e. The van der Waals surface area contributed by atoms with Gasteiger partial charge in [-0.15, -0.1) is 0 Å². The summed E-state index contributed by atoms with van der Waals surface area (Å²) in [6.07, 6.45) is 5.19. The van der Waals surface area contributed by atoms with Gasteiger partial charge in [-0.05, 0) is 61.4 Å². The normalized spacial score (nSPS) is 16.0. The predicted octanol–water partition coefficient (Wildman–Crippen LogP) is 3.67. The molecule has 3 N–H and O–H groups in total. The lowest BCUT2D eigenvalue weighted by atomic mass is 9.96. The lowest BCUT2D eigenvalue weighted by molar-refractivity contribution is 0.412. The number of nitrogens with two attached hydrogens (primary N) is 1. The van der Waals surface area contributed by atoms with Crippen LogP contribution in [0.5, 0.6) is 11.5 Å². The Morgan fingerprint density at radius 2 is 1.42 bits per heavy atom. The fourth-order valence-corrected chi connectivity index (χ4v) is 4.17. The third kappa shape index (κ3) is 4.27. The van der Waals surface area contributed by atoms with Gasteiger partial charge in [-0.2, -0.15) is 0 Å². The molecule has 24 heavy (non-hydrogen) atoms. The first-order valence-electron chi connectivity index (χ1n) is 8.19. The molecule has 0 spiro atoms. The molecule has 6 heteroatoms. The van der Waals surface area contributed by atoms with Gasteiger partial charge in [0.05, 0.1) is 4.90 Å². The third-order valence-electron chi connectivity index (χ3n) is 4.18. The predicted molar refractivity (Wildman–Crippen MR) is 94.6 cm³/mol. The van der Waals surface area contributed by atoms with E-state index in [9.17, 15) is 8.42 Å². The van der Waals surface area contributed by atoms with E-state index in [-0.39, 0.29) is 10.9 Å². The average molecular weight is 346 g/mol. The molecule has 1 fully saturated rings. The number of hydrogen-bond donors (Lipinski definition) is 2. The van der Waals surface area contributed by atoms with E-state index in [0.29, 0.717) is 17.2 Å². The molecule has 1 saturated carbocycles. The summed E-state index contributed by atoms with van der Waals surface area (Å²) >= 11 is 0. The van der Waals surface area contributed by atoms with Crippen molar-refractivity contribution in [1.82, 2.24) is 4.72 Å². The molecule has 1 aliphatic rings. The van der Waals surface area contributed by atoms with Crippen molar-refractivity contribution >= 4 is 15.7 Å². The Balaban J connectivity index is 1.67. The molecule has 0 unspecified atom stereocenters. The van der Waals surface area contributed by atoms with Crippen molar-refractivity contribution < 1.29 is 13.2 Å². The van der Waals surface area contributed by atoms with Gasteiger partial charge in [-0.1, -0.05) is 19.3 Å². The zero-order chi connectivity index (χ0) is 17.0. The van der Waals surface area contributed by atoms with Crippen LogP contribution < -0.4 is 15.2 Å². The molecule has 3 rings (SSSR count). The van der Waals surface area contributed by atoms with E-state index in [1.807, 2.05) is 0 Å². The second-order valence-corrected chi connectivity index (χ2v) is 7.81. The number of anilines is 1. The van der Waals surface area contributed by atoms with Gasteiger partial charge in [0.1, 0.15) is 11.5 Å². The Bertz CT molecular complexity index is 765. The van der Waals surface area contributed by atoms with E-state index in [1.165, 1.54) is 6.42 Å². The summed E-state index contributed by atoms with van der Waals surface area (Å²) in [7, 11) is -3.48. The van der Waals surface area contributed by atoms with Crippen molar-refractivity contribution in [3.63, 3.8) is 0 Å². The standard InChI is InChI=1S/C18H22N2O3S/c19-14-6-8-16(9-7-14)23-17-10-12-18(13-11-17)24(21,22)20-15-4-2-1-3-5-15/h6-13,15,20H,1-5,19H2. The molecule has 128 valence electrons. The van der Waals surface area contributed by atoms with Crippen LogP contribution in [0.1, 0.15) is 32.1 Å². The lowest BCUT2D eigenvalue weighted by Gasteiger charge is -2.22. The summed E-state index contributed by atoms with van der Waals surface area (Å²) in [5.74, 6) is 1.23. The zero-order valence-electron chi connectivity index (χ0n) is 13.4. The van der Waals surface area contributed by atoms with Crippen LogP contribution >= 0.6 is 0 Å². The molecule has 0 saturated heterocycles. The van der Waals surface area contributed by atoms with Crippen molar-refractivity contribution in [2.45, 2.75) is 43.0 Å². The number of sulfonamides is 1. The Hall–Kier alpha value is -2.05. The van der Waals surface area contributed by atoms with Crippen molar-refractivity contribution in [3.8, 4) is 11.5 Å². The van der Waals surface area contributed by atoms with Gasteiger partial charge in [-0.25, -0.2) is 13.1 Å². The molecule has 0 aliphatic heterocycles. The van der Waals surface area contributed by atoms with Crippen LogP contribution in [-0.2, 0) is 10.0 Å². The lowest BCUT2D eigenvalue weighted by Crippen LogP contribution is -2.36. The van der Waals surface area contributed by atoms with Crippen molar-refractivity contribution in [1.29, 1.82) is 0 Å². The SMILES string of the molecule is Nc1ccc(Oc2ccc(S(=O)(=O)NC3CCCCC3)cc2)cc1.